The van der Waals surface area contributed by atoms with Gasteiger partial charge in [-0.15, -0.1) is 0 Å². The van der Waals surface area contributed by atoms with E-state index in [4.69, 9.17) is 4.98 Å². The van der Waals surface area contributed by atoms with Crippen molar-refractivity contribution >= 4 is 6.08 Å². The topological polar surface area (TPSA) is 51.0 Å². The van der Waals surface area contributed by atoms with Crippen LogP contribution in [0, 0.1) is 0 Å². The Kier molecular flexibility index (Phi) is 6.80. The Morgan fingerprint density at radius 1 is 1.32 bits per heavy atom. The molecule has 0 N–H and O–H groups in total. The number of halogens is 1. The Balaban J connectivity index is 1.63. The lowest BCUT2D eigenvalue weighted by Gasteiger charge is -2.36. The molecule has 0 amide bonds. The Bertz CT molecular complexity index is 1270. The van der Waals surface area contributed by atoms with Crippen molar-refractivity contribution in [1.82, 2.24) is 19.4 Å². The van der Waals surface area contributed by atoms with Crippen LogP contribution in [0.4, 0.5) is 4.39 Å². The maximum atomic E-state index is 13.8. The third kappa shape index (κ3) is 4.60. The number of allylic oxidation sites excluding steroid dienone is 5. The van der Waals surface area contributed by atoms with E-state index in [1.54, 1.807) is 30.0 Å². The van der Waals surface area contributed by atoms with E-state index in [9.17, 15) is 9.18 Å². The van der Waals surface area contributed by atoms with Crippen molar-refractivity contribution in [2.45, 2.75) is 58.5 Å². The largest absolute Gasteiger partial charge is 0.296 e. The van der Waals surface area contributed by atoms with Crippen molar-refractivity contribution in [2.75, 3.05) is 6.54 Å². The second-order valence-electron chi connectivity index (χ2n) is 9.56. The molecule has 0 saturated carbocycles. The first-order valence-corrected chi connectivity index (χ1v) is 11.8. The molecule has 5 nitrogen and oxygen atoms in total. The van der Waals surface area contributed by atoms with Crippen LogP contribution in [0.15, 0.2) is 70.6 Å². The predicted octanol–water partition coefficient (Wildman–Crippen LogP) is 5.04. The smallest absolute Gasteiger partial charge is 0.253 e. The van der Waals surface area contributed by atoms with Gasteiger partial charge in [-0.3, -0.25) is 19.2 Å². The Morgan fingerprint density at radius 3 is 2.85 bits per heavy atom. The molecule has 1 aliphatic heterocycles. The molecule has 178 valence electrons. The predicted molar refractivity (Wildman–Crippen MR) is 135 cm³/mol. The van der Waals surface area contributed by atoms with Gasteiger partial charge in [0.15, 0.2) is 0 Å². The lowest BCUT2D eigenvalue weighted by Crippen LogP contribution is -2.39. The number of aromatic nitrogens is 3. The minimum Gasteiger partial charge on any atom is -0.296 e. The average Bonchev–Trinajstić information content (AvgIpc) is 2.82. The molecule has 0 aromatic carbocycles. The lowest BCUT2D eigenvalue weighted by molar-refractivity contribution is 0.230. The highest BCUT2D eigenvalue weighted by molar-refractivity contribution is 5.48. The van der Waals surface area contributed by atoms with Crippen LogP contribution in [-0.4, -0.2) is 32.0 Å². The van der Waals surface area contributed by atoms with E-state index >= 15 is 0 Å². The minimum atomic E-state index is -0.248. The van der Waals surface area contributed by atoms with Gasteiger partial charge >= 0.3 is 0 Å². The Hall–Kier alpha value is -3.12. The van der Waals surface area contributed by atoms with Crippen LogP contribution in [0.25, 0.3) is 6.08 Å². The number of nitrogens with zero attached hydrogens (tertiary/aromatic N) is 4. The molecule has 0 radical (unpaired) electrons. The normalized spacial score (nSPS) is 22.4. The van der Waals surface area contributed by atoms with Crippen LogP contribution < -0.4 is 5.56 Å². The molecule has 34 heavy (non-hydrogen) atoms. The van der Waals surface area contributed by atoms with Gasteiger partial charge < -0.3 is 0 Å². The molecule has 2 unspecified atom stereocenters. The number of hydrogen-bond donors (Lipinski definition) is 0. The van der Waals surface area contributed by atoms with Crippen molar-refractivity contribution in [3.05, 3.63) is 98.8 Å². The van der Waals surface area contributed by atoms with E-state index in [-0.39, 0.29) is 22.8 Å². The van der Waals surface area contributed by atoms with Gasteiger partial charge in [0.05, 0.1) is 0 Å². The van der Waals surface area contributed by atoms with Gasteiger partial charge in [0.25, 0.3) is 5.56 Å². The van der Waals surface area contributed by atoms with Crippen molar-refractivity contribution in [3.63, 3.8) is 0 Å². The molecule has 2 aliphatic rings. The molecular formula is C28H33FN4O. The zero-order valence-corrected chi connectivity index (χ0v) is 20.7. The van der Waals surface area contributed by atoms with E-state index in [2.05, 4.69) is 41.9 Å². The summed E-state index contributed by atoms with van der Waals surface area (Å²) < 4.78 is 15.4. The minimum absolute atomic E-state index is 0.0718. The lowest BCUT2D eigenvalue weighted by atomic mass is 9.72. The molecule has 0 fully saturated rings. The second-order valence-corrected chi connectivity index (χ2v) is 9.56. The van der Waals surface area contributed by atoms with E-state index in [1.165, 1.54) is 11.6 Å². The monoisotopic (exact) mass is 460 g/mol. The molecule has 0 bridgehead atoms. The highest BCUT2D eigenvalue weighted by Gasteiger charge is 2.32. The summed E-state index contributed by atoms with van der Waals surface area (Å²) >= 11 is 0. The number of hydrogen-bond acceptors (Lipinski definition) is 4. The van der Waals surface area contributed by atoms with Crippen molar-refractivity contribution in [2.24, 2.45) is 7.05 Å². The van der Waals surface area contributed by atoms with E-state index in [0.717, 1.165) is 41.9 Å². The summed E-state index contributed by atoms with van der Waals surface area (Å²) in [7, 11) is 1.74. The number of pyridine rings is 1. The van der Waals surface area contributed by atoms with Gasteiger partial charge in [-0.2, -0.15) is 0 Å². The summed E-state index contributed by atoms with van der Waals surface area (Å²) in [6.07, 6.45) is 14.6. The summed E-state index contributed by atoms with van der Waals surface area (Å²) in [4.78, 5) is 23.7. The summed E-state index contributed by atoms with van der Waals surface area (Å²) in [5, 5.41) is 0. The highest BCUT2D eigenvalue weighted by atomic mass is 19.1. The maximum Gasteiger partial charge on any atom is 0.253 e. The third-order valence-electron chi connectivity index (χ3n) is 7.33. The van der Waals surface area contributed by atoms with Crippen LogP contribution in [0.3, 0.4) is 0 Å². The first kappa shape index (κ1) is 24.0. The molecule has 2 aromatic heterocycles. The van der Waals surface area contributed by atoms with Gasteiger partial charge in [-0.25, -0.2) is 9.37 Å². The maximum absolute atomic E-state index is 13.8. The van der Waals surface area contributed by atoms with Gasteiger partial charge in [-0.1, -0.05) is 30.7 Å². The van der Waals surface area contributed by atoms with Crippen LogP contribution >= 0.6 is 0 Å². The fourth-order valence-corrected chi connectivity index (χ4v) is 4.88. The zero-order chi connectivity index (χ0) is 24.5. The van der Waals surface area contributed by atoms with Gasteiger partial charge in [-0.05, 0) is 62.1 Å². The molecule has 0 saturated heterocycles. The fourth-order valence-electron chi connectivity index (χ4n) is 4.88. The molecule has 1 aliphatic carbocycles. The molecule has 4 rings (SSSR count). The van der Waals surface area contributed by atoms with E-state index in [0.29, 0.717) is 12.2 Å². The summed E-state index contributed by atoms with van der Waals surface area (Å²) in [5.41, 5.74) is 5.31. The van der Waals surface area contributed by atoms with Gasteiger partial charge in [0.2, 0.25) is 0 Å². The molecule has 0 spiro atoms. The van der Waals surface area contributed by atoms with Gasteiger partial charge in [0.1, 0.15) is 11.7 Å². The second kappa shape index (κ2) is 9.63. The quantitative estimate of drug-likeness (QED) is 0.587. The first-order valence-electron chi connectivity index (χ1n) is 11.8. The average molecular weight is 461 g/mol. The van der Waals surface area contributed by atoms with Crippen molar-refractivity contribution in [3.8, 4) is 0 Å². The first-order chi connectivity index (χ1) is 16.2. The van der Waals surface area contributed by atoms with Crippen LogP contribution in [0.2, 0.25) is 0 Å². The van der Waals surface area contributed by atoms with Crippen molar-refractivity contribution < 1.29 is 4.39 Å². The molecule has 6 heteroatoms. The van der Waals surface area contributed by atoms with Gasteiger partial charge in [0, 0.05) is 62.2 Å². The summed E-state index contributed by atoms with van der Waals surface area (Å²) in [6, 6.07) is 3.82. The number of fused-ring (bicyclic) bond motifs is 1. The van der Waals surface area contributed by atoms with Crippen LogP contribution in [0.5, 0.6) is 0 Å². The SMILES string of the molecule is C/C=C\C(/C(C)=C\c1nccc(=O)n1C)N1CCc2ncc(C3(C)CC=C(F)C=C3C)cc2C1. The Labute approximate surface area is 201 Å². The number of rotatable bonds is 5. The summed E-state index contributed by atoms with van der Waals surface area (Å²) in [5.74, 6) is 0.488. The molecule has 2 aromatic rings. The standard InChI is InChI=1S/C28H33FN4O/c1-6-7-25(19(2)14-26-30-12-9-27(34)32(26)5)33-13-10-24-21(18-33)16-22(17-31-24)28(4)11-8-23(29)15-20(28)3/h6-9,12,14-17,25H,10-11,13,18H2,1-5H3/b7-6-,19-14-. The van der Waals surface area contributed by atoms with Crippen molar-refractivity contribution in [1.29, 1.82) is 0 Å². The van der Waals surface area contributed by atoms with Crippen LogP contribution in [-0.2, 0) is 25.4 Å². The molecule has 2 atom stereocenters. The third-order valence-corrected chi connectivity index (χ3v) is 7.33. The fraction of sp³-hybridized carbons (Fsp3) is 0.393. The zero-order valence-electron chi connectivity index (χ0n) is 20.7. The molecule has 3 heterocycles. The van der Waals surface area contributed by atoms with E-state index in [1.807, 2.05) is 26.1 Å². The summed E-state index contributed by atoms with van der Waals surface area (Å²) in [6.45, 7) is 9.95. The highest BCUT2D eigenvalue weighted by Crippen LogP contribution is 2.40. The van der Waals surface area contributed by atoms with Crippen LogP contribution in [0.1, 0.15) is 56.8 Å². The molecular weight excluding hydrogens is 427 g/mol. The Morgan fingerprint density at radius 2 is 2.12 bits per heavy atom. The van der Waals surface area contributed by atoms with E-state index < -0.39 is 0 Å².